The number of anilines is 1. The summed E-state index contributed by atoms with van der Waals surface area (Å²) in [4.78, 5) is 39.6. The van der Waals surface area contributed by atoms with E-state index in [2.05, 4.69) is 10.3 Å². The second kappa shape index (κ2) is 9.24. The van der Waals surface area contributed by atoms with Gasteiger partial charge in [0.05, 0.1) is 22.1 Å². The number of hydrogen-bond acceptors (Lipinski definition) is 9. The van der Waals surface area contributed by atoms with Gasteiger partial charge in [-0.05, 0) is 13.0 Å². The van der Waals surface area contributed by atoms with Gasteiger partial charge < -0.3 is 4.74 Å². The first-order valence-electron chi connectivity index (χ1n) is 9.14. The molecule has 32 heavy (non-hydrogen) atoms. The third-order valence-electron chi connectivity index (χ3n) is 4.15. The molecule has 0 atom stereocenters. The van der Waals surface area contributed by atoms with Crippen molar-refractivity contribution < 1.29 is 27.7 Å². The number of non-ortho nitro benzene ring substituents is 1. The fraction of sp³-hybridized carbons (Fsp3) is 0.150. The number of nitrogens with zero attached hydrogens (tertiary/aromatic N) is 2. The van der Waals surface area contributed by atoms with Gasteiger partial charge in [0, 0.05) is 29.5 Å². The van der Waals surface area contributed by atoms with Crippen molar-refractivity contribution >= 4 is 43.9 Å². The van der Waals surface area contributed by atoms with E-state index >= 15 is 0 Å². The summed E-state index contributed by atoms with van der Waals surface area (Å²) < 4.78 is 28.8. The van der Waals surface area contributed by atoms with E-state index in [1.807, 2.05) is 0 Å². The van der Waals surface area contributed by atoms with E-state index in [9.17, 15) is 28.1 Å². The monoisotopic (exact) mass is 475 g/mol. The second-order valence-electron chi connectivity index (χ2n) is 6.48. The molecule has 0 spiro atoms. The molecule has 3 rings (SSSR count). The molecule has 0 radical (unpaired) electrons. The van der Waals surface area contributed by atoms with Crippen LogP contribution in [0.5, 0.6) is 0 Å². The van der Waals surface area contributed by atoms with Crippen molar-refractivity contribution in [2.24, 2.45) is 0 Å². The molecule has 3 aromatic rings. The second-order valence-corrected chi connectivity index (χ2v) is 9.50. The highest BCUT2D eigenvalue weighted by atomic mass is 32.2. The molecule has 0 saturated heterocycles. The summed E-state index contributed by atoms with van der Waals surface area (Å²) in [5.41, 5.74) is 0.144. The first-order valence-corrected chi connectivity index (χ1v) is 11.8. The smallest absolute Gasteiger partial charge is 0.350 e. The Labute approximate surface area is 186 Å². The number of thiazole rings is 1. The molecule has 1 heterocycles. The van der Waals surface area contributed by atoms with Gasteiger partial charge in [0.2, 0.25) is 0 Å². The molecule has 166 valence electrons. The number of sulfone groups is 1. The van der Waals surface area contributed by atoms with E-state index < -0.39 is 32.3 Å². The molecule has 0 aliphatic carbocycles. The molecule has 0 bridgehead atoms. The van der Waals surface area contributed by atoms with Crippen molar-refractivity contribution in [2.75, 3.05) is 18.2 Å². The number of carbonyl (C=O) groups is 2. The molecule has 0 fully saturated rings. The van der Waals surface area contributed by atoms with E-state index in [-0.39, 0.29) is 27.1 Å². The predicted molar refractivity (Wildman–Crippen MR) is 118 cm³/mol. The zero-order valence-electron chi connectivity index (χ0n) is 16.9. The summed E-state index contributed by atoms with van der Waals surface area (Å²) in [6, 6.07) is 11.7. The van der Waals surface area contributed by atoms with E-state index in [1.54, 1.807) is 37.3 Å². The Bertz CT molecular complexity index is 1300. The fourth-order valence-corrected chi connectivity index (χ4v) is 4.26. The third kappa shape index (κ3) is 5.15. The normalized spacial score (nSPS) is 11.1. The molecule has 0 aliphatic rings. The lowest BCUT2D eigenvalue weighted by atomic mass is 10.1. The number of esters is 1. The highest BCUT2D eigenvalue weighted by Gasteiger charge is 2.23. The lowest BCUT2D eigenvalue weighted by Gasteiger charge is -2.05. The predicted octanol–water partition coefficient (Wildman–Crippen LogP) is 3.55. The largest absolute Gasteiger partial charge is 0.462 e. The molecular formula is C20H17N3O7S2. The Morgan fingerprint density at radius 2 is 1.88 bits per heavy atom. The molecule has 0 saturated carbocycles. The number of nitro benzene ring substituents is 1. The van der Waals surface area contributed by atoms with Crippen molar-refractivity contribution in [3.63, 3.8) is 0 Å². The maximum atomic E-state index is 12.7. The lowest BCUT2D eigenvalue weighted by Crippen LogP contribution is -2.13. The average Bonchev–Trinajstić information content (AvgIpc) is 3.17. The van der Waals surface area contributed by atoms with Crippen LogP contribution in [-0.4, -0.2) is 43.1 Å². The van der Waals surface area contributed by atoms with Crippen molar-refractivity contribution in [3.05, 3.63) is 69.1 Å². The maximum absolute atomic E-state index is 12.7. The number of nitrogens with one attached hydrogen (secondary N) is 1. The van der Waals surface area contributed by atoms with Crippen LogP contribution in [0.2, 0.25) is 0 Å². The summed E-state index contributed by atoms with van der Waals surface area (Å²) in [5, 5.41) is 13.7. The Kier molecular flexibility index (Phi) is 6.65. The zero-order valence-corrected chi connectivity index (χ0v) is 18.5. The standard InChI is InChI=1S/C20H17N3O7S2/c1-3-30-19(25)17-16(12-7-5-4-6-8-12)21-20(31-17)22-18(24)13-9-14(23(26)27)11-15(10-13)32(2,28)29/h4-11H,3H2,1-2H3,(H,21,22,24). The first-order chi connectivity index (χ1) is 15.1. The average molecular weight is 476 g/mol. The lowest BCUT2D eigenvalue weighted by molar-refractivity contribution is -0.385. The minimum absolute atomic E-state index is 0.0457. The Balaban J connectivity index is 2.00. The van der Waals surface area contributed by atoms with Gasteiger partial charge in [0.1, 0.15) is 4.88 Å². The van der Waals surface area contributed by atoms with Gasteiger partial charge in [-0.1, -0.05) is 41.7 Å². The van der Waals surface area contributed by atoms with Gasteiger partial charge >= 0.3 is 5.97 Å². The summed E-state index contributed by atoms with van der Waals surface area (Å²) >= 11 is 0.876. The van der Waals surface area contributed by atoms with Crippen LogP contribution in [0.3, 0.4) is 0 Å². The van der Waals surface area contributed by atoms with Crippen molar-refractivity contribution in [3.8, 4) is 11.3 Å². The molecule has 1 amide bonds. The third-order valence-corrected chi connectivity index (χ3v) is 6.19. The highest BCUT2D eigenvalue weighted by Crippen LogP contribution is 2.32. The molecule has 1 aromatic heterocycles. The number of ether oxygens (including phenoxy) is 1. The Morgan fingerprint density at radius 1 is 1.19 bits per heavy atom. The zero-order chi connectivity index (χ0) is 23.5. The number of aromatic nitrogens is 1. The molecule has 10 nitrogen and oxygen atoms in total. The quantitative estimate of drug-likeness (QED) is 0.310. The highest BCUT2D eigenvalue weighted by molar-refractivity contribution is 7.90. The van der Waals surface area contributed by atoms with Gasteiger partial charge in [0.25, 0.3) is 11.6 Å². The molecule has 0 aliphatic heterocycles. The molecule has 0 unspecified atom stereocenters. The number of rotatable bonds is 7. The van der Waals surface area contributed by atoms with Gasteiger partial charge in [-0.25, -0.2) is 18.2 Å². The molecule has 1 N–H and O–H groups in total. The van der Waals surface area contributed by atoms with E-state index in [0.717, 1.165) is 35.8 Å². The van der Waals surface area contributed by atoms with Gasteiger partial charge in [0.15, 0.2) is 15.0 Å². The van der Waals surface area contributed by atoms with Crippen LogP contribution in [0.1, 0.15) is 27.0 Å². The van der Waals surface area contributed by atoms with Crippen LogP contribution in [0.15, 0.2) is 53.4 Å². The first kappa shape index (κ1) is 23.0. The van der Waals surface area contributed by atoms with Crippen molar-refractivity contribution in [1.82, 2.24) is 4.98 Å². The van der Waals surface area contributed by atoms with Crippen molar-refractivity contribution in [2.45, 2.75) is 11.8 Å². The Morgan fingerprint density at radius 3 is 2.47 bits per heavy atom. The van der Waals surface area contributed by atoms with Crippen LogP contribution in [0.4, 0.5) is 10.8 Å². The maximum Gasteiger partial charge on any atom is 0.350 e. The van der Waals surface area contributed by atoms with Gasteiger partial charge in [-0.2, -0.15) is 0 Å². The van der Waals surface area contributed by atoms with Crippen LogP contribution in [0.25, 0.3) is 11.3 Å². The molecule has 12 heteroatoms. The van der Waals surface area contributed by atoms with Gasteiger partial charge in [-0.15, -0.1) is 0 Å². The van der Waals surface area contributed by atoms with Crippen LogP contribution in [-0.2, 0) is 14.6 Å². The summed E-state index contributed by atoms with van der Waals surface area (Å²) in [6.45, 7) is 1.81. The fourth-order valence-electron chi connectivity index (χ4n) is 2.70. The SMILES string of the molecule is CCOC(=O)c1sc(NC(=O)c2cc([N+](=O)[O-])cc(S(C)(=O)=O)c2)nc1-c1ccccc1. The summed E-state index contributed by atoms with van der Waals surface area (Å²) in [6.07, 6.45) is 0.881. The van der Waals surface area contributed by atoms with E-state index in [1.165, 1.54) is 0 Å². The number of amides is 1. The molecule has 2 aromatic carbocycles. The van der Waals surface area contributed by atoms with E-state index in [4.69, 9.17) is 4.74 Å². The number of hydrogen-bond donors (Lipinski definition) is 1. The van der Waals surface area contributed by atoms with Crippen LogP contribution >= 0.6 is 11.3 Å². The van der Waals surface area contributed by atoms with Crippen LogP contribution < -0.4 is 5.32 Å². The van der Waals surface area contributed by atoms with E-state index in [0.29, 0.717) is 11.3 Å². The van der Waals surface area contributed by atoms with Crippen molar-refractivity contribution in [1.29, 1.82) is 0 Å². The molecular weight excluding hydrogens is 458 g/mol. The summed E-state index contributed by atoms with van der Waals surface area (Å²) in [7, 11) is -3.80. The number of nitro groups is 1. The summed E-state index contributed by atoms with van der Waals surface area (Å²) in [5.74, 6) is -1.43. The van der Waals surface area contributed by atoms with Gasteiger partial charge in [-0.3, -0.25) is 20.2 Å². The Hall–Kier alpha value is -3.64. The topological polar surface area (TPSA) is 146 Å². The minimum Gasteiger partial charge on any atom is -0.462 e. The minimum atomic E-state index is -3.80. The van der Waals surface area contributed by atoms with Crippen LogP contribution in [0, 0.1) is 10.1 Å². The number of carbonyl (C=O) groups excluding carboxylic acids is 2. The number of benzene rings is 2.